The van der Waals surface area contributed by atoms with Crippen molar-refractivity contribution >= 4 is 5.69 Å². The predicted octanol–water partition coefficient (Wildman–Crippen LogP) is 4.82. The van der Waals surface area contributed by atoms with E-state index in [1.165, 1.54) is 25.0 Å². The van der Waals surface area contributed by atoms with E-state index in [0.29, 0.717) is 11.1 Å². The van der Waals surface area contributed by atoms with Gasteiger partial charge in [0.25, 0.3) is 0 Å². The topological polar surface area (TPSA) is 6.48 Å². The fourth-order valence-corrected chi connectivity index (χ4v) is 4.96. The van der Waals surface area contributed by atoms with E-state index in [-0.39, 0.29) is 0 Å². The summed E-state index contributed by atoms with van der Waals surface area (Å²) in [4.78, 5) is 4.54. The van der Waals surface area contributed by atoms with Crippen LogP contribution in [0.25, 0.3) is 0 Å². The van der Waals surface area contributed by atoms with Crippen LogP contribution in [0.4, 0.5) is 18.9 Å². The van der Waals surface area contributed by atoms with Crippen LogP contribution in [-0.2, 0) is 6.18 Å². The zero-order valence-corrected chi connectivity index (χ0v) is 15.5. The number of anilines is 1. The van der Waals surface area contributed by atoms with Crippen LogP contribution < -0.4 is 4.90 Å². The van der Waals surface area contributed by atoms with Crippen molar-refractivity contribution in [3.05, 3.63) is 41.5 Å². The van der Waals surface area contributed by atoms with Crippen molar-refractivity contribution in [2.24, 2.45) is 17.3 Å². The maximum Gasteiger partial charge on any atom is 0.416 e. The SMILES string of the molecule is CC1(C)C2CC=C(CN3CCN(c4cccc(C(F)(F)F)c4)CC3)C1C2. The smallest absolute Gasteiger partial charge is 0.369 e. The zero-order valence-electron chi connectivity index (χ0n) is 15.5. The second-order valence-electron chi connectivity index (χ2n) is 8.63. The van der Waals surface area contributed by atoms with Gasteiger partial charge in [-0.25, -0.2) is 0 Å². The lowest BCUT2D eigenvalue weighted by molar-refractivity contribution is -0.137. The Bertz CT molecular complexity index is 699. The highest BCUT2D eigenvalue weighted by Crippen LogP contribution is 2.59. The lowest BCUT2D eigenvalue weighted by Crippen LogP contribution is -2.52. The summed E-state index contributed by atoms with van der Waals surface area (Å²) in [7, 11) is 0. The van der Waals surface area contributed by atoms with Gasteiger partial charge in [0.2, 0.25) is 0 Å². The molecule has 1 heterocycles. The number of hydrogen-bond acceptors (Lipinski definition) is 2. The van der Waals surface area contributed by atoms with Gasteiger partial charge >= 0.3 is 6.18 Å². The van der Waals surface area contributed by atoms with Crippen molar-refractivity contribution in [2.75, 3.05) is 37.6 Å². The maximum absolute atomic E-state index is 12.9. The first-order valence-corrected chi connectivity index (χ1v) is 9.58. The first-order valence-electron chi connectivity index (χ1n) is 9.58. The van der Waals surface area contributed by atoms with Gasteiger partial charge in [-0.2, -0.15) is 13.2 Å². The van der Waals surface area contributed by atoms with Crippen LogP contribution in [0.3, 0.4) is 0 Å². The molecular formula is C21H27F3N2. The van der Waals surface area contributed by atoms with Crippen LogP contribution in [0.2, 0.25) is 0 Å². The summed E-state index contributed by atoms with van der Waals surface area (Å²) in [6.07, 6.45) is 0.716. The highest BCUT2D eigenvalue weighted by molar-refractivity contribution is 5.49. The second kappa shape index (κ2) is 6.29. The van der Waals surface area contributed by atoms with Gasteiger partial charge < -0.3 is 4.90 Å². The second-order valence-corrected chi connectivity index (χ2v) is 8.63. The molecule has 1 aliphatic heterocycles. The van der Waals surface area contributed by atoms with Crippen LogP contribution in [0, 0.1) is 17.3 Å². The van der Waals surface area contributed by atoms with Gasteiger partial charge in [-0.05, 0) is 48.3 Å². The summed E-state index contributed by atoms with van der Waals surface area (Å²) >= 11 is 0. The summed E-state index contributed by atoms with van der Waals surface area (Å²) in [6, 6.07) is 5.71. The van der Waals surface area contributed by atoms with E-state index in [0.717, 1.165) is 50.6 Å². The third-order valence-electron chi connectivity index (χ3n) is 6.90. The van der Waals surface area contributed by atoms with Gasteiger partial charge in [-0.3, -0.25) is 4.90 Å². The number of nitrogens with zero attached hydrogens (tertiary/aromatic N) is 2. The summed E-state index contributed by atoms with van der Waals surface area (Å²) < 4.78 is 38.8. The molecule has 142 valence electrons. The van der Waals surface area contributed by atoms with Crippen LogP contribution >= 0.6 is 0 Å². The Morgan fingerprint density at radius 1 is 1.12 bits per heavy atom. The molecule has 3 aliphatic carbocycles. The molecule has 0 spiro atoms. The zero-order chi connectivity index (χ0) is 18.5. The summed E-state index contributed by atoms with van der Waals surface area (Å²) in [5.41, 5.74) is 2.15. The molecule has 5 rings (SSSR count). The van der Waals surface area contributed by atoms with E-state index in [4.69, 9.17) is 0 Å². The van der Waals surface area contributed by atoms with Crippen LogP contribution in [0.1, 0.15) is 32.3 Å². The average molecular weight is 364 g/mol. The quantitative estimate of drug-likeness (QED) is 0.710. The lowest BCUT2D eigenvalue weighted by Gasteiger charge is -2.57. The number of allylic oxidation sites excluding steroid dienone is 1. The molecular weight excluding hydrogens is 337 g/mol. The van der Waals surface area contributed by atoms with Crippen molar-refractivity contribution < 1.29 is 13.2 Å². The molecule has 5 heteroatoms. The van der Waals surface area contributed by atoms with Crippen LogP contribution in [-0.4, -0.2) is 37.6 Å². The standard InChI is InChI=1S/C21H27F3N2/c1-20(2)16-7-6-15(19(20)13-16)14-25-8-10-26(11-9-25)18-5-3-4-17(12-18)21(22,23)24/h3-6,12,16,19H,7-11,13-14H2,1-2H3. The third-order valence-corrected chi connectivity index (χ3v) is 6.90. The van der Waals surface area contributed by atoms with Crippen molar-refractivity contribution in [3.63, 3.8) is 0 Å². The minimum absolute atomic E-state index is 0.448. The Labute approximate surface area is 153 Å². The molecule has 0 amide bonds. The molecule has 0 N–H and O–H groups in total. The number of halogens is 3. The normalized spacial score (nSPS) is 28.5. The first-order chi connectivity index (χ1) is 12.2. The Morgan fingerprint density at radius 2 is 1.85 bits per heavy atom. The summed E-state index contributed by atoms with van der Waals surface area (Å²) in [5.74, 6) is 1.58. The average Bonchev–Trinajstić information content (AvgIpc) is 2.62. The fourth-order valence-electron chi connectivity index (χ4n) is 4.96. The Balaban J connectivity index is 1.36. The molecule has 1 saturated heterocycles. The van der Waals surface area contributed by atoms with E-state index >= 15 is 0 Å². The molecule has 2 nitrogen and oxygen atoms in total. The number of rotatable bonds is 3. The minimum Gasteiger partial charge on any atom is -0.369 e. The molecule has 2 fully saturated rings. The van der Waals surface area contributed by atoms with Crippen molar-refractivity contribution in [1.82, 2.24) is 4.90 Å². The molecule has 2 unspecified atom stereocenters. The van der Waals surface area contributed by atoms with Gasteiger partial charge in [0, 0.05) is 38.4 Å². The van der Waals surface area contributed by atoms with Crippen molar-refractivity contribution in [1.29, 1.82) is 0 Å². The molecule has 4 aliphatic rings. The molecule has 1 saturated carbocycles. The molecule has 2 atom stereocenters. The van der Waals surface area contributed by atoms with Gasteiger partial charge in [0.05, 0.1) is 5.56 Å². The van der Waals surface area contributed by atoms with Gasteiger partial charge in [-0.15, -0.1) is 0 Å². The van der Waals surface area contributed by atoms with Gasteiger partial charge in [-0.1, -0.05) is 31.6 Å². The van der Waals surface area contributed by atoms with E-state index in [9.17, 15) is 13.2 Å². The fraction of sp³-hybridized carbons (Fsp3) is 0.619. The lowest BCUT2D eigenvalue weighted by atomic mass is 9.49. The third kappa shape index (κ3) is 3.15. The molecule has 0 radical (unpaired) electrons. The first kappa shape index (κ1) is 17.9. The molecule has 26 heavy (non-hydrogen) atoms. The molecule has 1 aromatic rings. The Hall–Kier alpha value is -1.49. The van der Waals surface area contributed by atoms with Crippen LogP contribution in [0.5, 0.6) is 0 Å². The van der Waals surface area contributed by atoms with E-state index in [2.05, 4.69) is 29.7 Å². The van der Waals surface area contributed by atoms with Gasteiger partial charge in [0.15, 0.2) is 0 Å². The van der Waals surface area contributed by atoms with Gasteiger partial charge in [0.1, 0.15) is 0 Å². The predicted molar refractivity (Wildman–Crippen MR) is 98.2 cm³/mol. The van der Waals surface area contributed by atoms with E-state index in [1.807, 2.05) is 0 Å². The number of fused-ring (bicyclic) bond motifs is 1. The maximum atomic E-state index is 12.9. The highest BCUT2D eigenvalue weighted by Gasteiger charge is 2.51. The number of hydrogen-bond donors (Lipinski definition) is 0. The van der Waals surface area contributed by atoms with E-state index < -0.39 is 11.7 Å². The van der Waals surface area contributed by atoms with E-state index in [1.54, 1.807) is 11.6 Å². The number of benzene rings is 1. The summed E-state index contributed by atoms with van der Waals surface area (Å²) in [5, 5.41) is 0. The Kier molecular flexibility index (Phi) is 4.33. The van der Waals surface area contributed by atoms with Crippen molar-refractivity contribution in [3.8, 4) is 0 Å². The van der Waals surface area contributed by atoms with Crippen molar-refractivity contribution in [2.45, 2.75) is 32.9 Å². The molecule has 2 bridgehead atoms. The van der Waals surface area contributed by atoms with Crippen LogP contribution in [0.15, 0.2) is 35.9 Å². The number of piperazine rings is 1. The largest absolute Gasteiger partial charge is 0.416 e. The monoisotopic (exact) mass is 364 g/mol. The molecule has 1 aromatic carbocycles. The molecule has 0 aromatic heterocycles. The number of alkyl halides is 3. The Morgan fingerprint density at radius 3 is 2.46 bits per heavy atom. The highest BCUT2D eigenvalue weighted by atomic mass is 19.4. The summed E-state index contributed by atoms with van der Waals surface area (Å²) in [6.45, 7) is 9.19. The minimum atomic E-state index is -4.28.